The maximum absolute atomic E-state index is 13.2. The van der Waals surface area contributed by atoms with Gasteiger partial charge in [-0.3, -0.25) is 9.59 Å². The van der Waals surface area contributed by atoms with Gasteiger partial charge in [0.1, 0.15) is 23.6 Å². The molecule has 0 aliphatic heterocycles. The molecule has 0 unspecified atom stereocenters. The molecule has 0 aliphatic carbocycles. The van der Waals surface area contributed by atoms with E-state index in [1.54, 1.807) is 24.3 Å². The minimum absolute atomic E-state index is 0.138. The van der Waals surface area contributed by atoms with Crippen LogP contribution in [0.25, 0.3) is 0 Å². The molecule has 2 aromatic carbocycles. The maximum Gasteiger partial charge on any atom is 0.200 e. The minimum Gasteiger partial charge on any atom is -0.497 e. The highest BCUT2D eigenvalue weighted by atomic mass is 19.1. The molecule has 2 aromatic rings. The second-order valence-electron chi connectivity index (χ2n) is 4.28. The highest BCUT2D eigenvalue weighted by Gasteiger charge is 2.08. The van der Waals surface area contributed by atoms with Crippen LogP contribution >= 0.6 is 0 Å². The molecule has 0 aliphatic rings. The number of Topliss-reactive ketones (excluding diaryl/α,β-unsaturated/α-hetero) is 1. The molecule has 0 N–H and O–H groups in total. The number of hydrogen-bond acceptors (Lipinski definition) is 4. The summed E-state index contributed by atoms with van der Waals surface area (Å²) in [6.45, 7) is -0.242. The fourth-order valence-corrected chi connectivity index (χ4v) is 1.74. The number of aldehydes is 1. The number of ether oxygens (including phenoxy) is 2. The van der Waals surface area contributed by atoms with E-state index in [1.165, 1.54) is 13.2 Å². The summed E-state index contributed by atoms with van der Waals surface area (Å²) in [7, 11) is 1.54. The molecule has 0 radical (unpaired) electrons. The Kier molecular flexibility index (Phi) is 4.66. The van der Waals surface area contributed by atoms with E-state index in [0.717, 1.165) is 12.1 Å². The predicted molar refractivity (Wildman–Crippen MR) is 74.6 cm³/mol. The maximum atomic E-state index is 13.2. The van der Waals surface area contributed by atoms with Crippen molar-refractivity contribution in [1.29, 1.82) is 0 Å². The number of halogens is 1. The Morgan fingerprint density at radius 2 is 1.86 bits per heavy atom. The average Bonchev–Trinajstić information content (AvgIpc) is 2.52. The van der Waals surface area contributed by atoms with Gasteiger partial charge >= 0.3 is 0 Å². The molecule has 0 atom stereocenters. The van der Waals surface area contributed by atoms with Crippen molar-refractivity contribution in [3.63, 3.8) is 0 Å². The van der Waals surface area contributed by atoms with Crippen LogP contribution < -0.4 is 9.47 Å². The SMILES string of the molecule is COc1ccc(C(=O)COc2cc(F)cc(C=O)c2)cc1. The third-order valence-corrected chi connectivity index (χ3v) is 2.81. The molecular formula is C16H13FO4. The average molecular weight is 288 g/mol. The summed E-state index contributed by atoms with van der Waals surface area (Å²) in [5.41, 5.74) is 0.615. The van der Waals surface area contributed by atoms with Crippen LogP contribution in [0.15, 0.2) is 42.5 Å². The highest BCUT2D eigenvalue weighted by Crippen LogP contribution is 2.16. The highest BCUT2D eigenvalue weighted by molar-refractivity contribution is 5.97. The number of ketones is 1. The number of hydrogen-bond donors (Lipinski definition) is 0. The lowest BCUT2D eigenvalue weighted by atomic mass is 10.1. The third kappa shape index (κ3) is 3.89. The number of carbonyl (C=O) groups is 2. The van der Waals surface area contributed by atoms with Gasteiger partial charge in [0.25, 0.3) is 0 Å². The van der Waals surface area contributed by atoms with E-state index in [9.17, 15) is 14.0 Å². The molecule has 0 amide bonds. The van der Waals surface area contributed by atoms with Crippen molar-refractivity contribution in [2.75, 3.05) is 13.7 Å². The van der Waals surface area contributed by atoms with Gasteiger partial charge in [-0.2, -0.15) is 0 Å². The molecule has 0 heterocycles. The van der Waals surface area contributed by atoms with Gasteiger partial charge in [-0.25, -0.2) is 4.39 Å². The Morgan fingerprint density at radius 1 is 1.14 bits per heavy atom. The van der Waals surface area contributed by atoms with Crippen LogP contribution in [0.3, 0.4) is 0 Å². The lowest BCUT2D eigenvalue weighted by Crippen LogP contribution is -2.11. The Hall–Kier alpha value is -2.69. The Balaban J connectivity index is 2.03. The first-order valence-electron chi connectivity index (χ1n) is 6.18. The van der Waals surface area contributed by atoms with Gasteiger partial charge in [-0.15, -0.1) is 0 Å². The van der Waals surface area contributed by atoms with E-state index >= 15 is 0 Å². The first-order chi connectivity index (χ1) is 10.1. The van der Waals surface area contributed by atoms with E-state index in [0.29, 0.717) is 17.6 Å². The monoisotopic (exact) mass is 288 g/mol. The Morgan fingerprint density at radius 3 is 2.48 bits per heavy atom. The van der Waals surface area contributed by atoms with Crippen molar-refractivity contribution in [2.45, 2.75) is 0 Å². The molecule has 0 saturated heterocycles. The quantitative estimate of drug-likeness (QED) is 0.606. The van der Waals surface area contributed by atoms with Gasteiger partial charge in [0.2, 0.25) is 0 Å². The van der Waals surface area contributed by atoms with E-state index in [1.807, 2.05) is 0 Å². The van der Waals surface area contributed by atoms with E-state index in [4.69, 9.17) is 9.47 Å². The summed E-state index contributed by atoms with van der Waals surface area (Å²) in [4.78, 5) is 22.6. The van der Waals surface area contributed by atoms with Crippen molar-refractivity contribution in [2.24, 2.45) is 0 Å². The zero-order valence-corrected chi connectivity index (χ0v) is 11.3. The van der Waals surface area contributed by atoms with Gasteiger partial charge in [0, 0.05) is 17.2 Å². The first kappa shape index (κ1) is 14.7. The van der Waals surface area contributed by atoms with Crippen LogP contribution in [0.2, 0.25) is 0 Å². The first-order valence-corrected chi connectivity index (χ1v) is 6.18. The number of carbonyl (C=O) groups excluding carboxylic acids is 2. The van der Waals surface area contributed by atoms with Crippen LogP contribution in [-0.4, -0.2) is 25.8 Å². The van der Waals surface area contributed by atoms with Crippen LogP contribution in [0.5, 0.6) is 11.5 Å². The molecule has 0 saturated carbocycles. The summed E-state index contributed by atoms with van der Waals surface area (Å²) < 4.78 is 23.4. The van der Waals surface area contributed by atoms with Crippen molar-refractivity contribution in [3.05, 3.63) is 59.4 Å². The number of benzene rings is 2. The van der Waals surface area contributed by atoms with Crippen LogP contribution in [0, 0.1) is 5.82 Å². The molecule has 2 rings (SSSR count). The Labute approximate surface area is 121 Å². The summed E-state index contributed by atoms with van der Waals surface area (Å²) in [5, 5.41) is 0. The molecular weight excluding hydrogens is 275 g/mol. The lowest BCUT2D eigenvalue weighted by molar-refractivity contribution is 0.0921. The van der Waals surface area contributed by atoms with Crippen LogP contribution in [0.1, 0.15) is 20.7 Å². The predicted octanol–water partition coefficient (Wildman–Crippen LogP) is 2.91. The second-order valence-corrected chi connectivity index (χ2v) is 4.28. The molecule has 21 heavy (non-hydrogen) atoms. The molecule has 0 bridgehead atoms. The summed E-state index contributed by atoms with van der Waals surface area (Å²) >= 11 is 0. The zero-order chi connectivity index (χ0) is 15.2. The molecule has 0 fully saturated rings. The molecule has 0 aromatic heterocycles. The molecule has 4 nitrogen and oxygen atoms in total. The van der Waals surface area contributed by atoms with Crippen molar-refractivity contribution < 1.29 is 23.5 Å². The largest absolute Gasteiger partial charge is 0.497 e. The Bertz CT molecular complexity index is 650. The normalized spacial score (nSPS) is 10.0. The lowest BCUT2D eigenvalue weighted by Gasteiger charge is -2.07. The molecule has 0 spiro atoms. The fraction of sp³-hybridized carbons (Fsp3) is 0.125. The van der Waals surface area contributed by atoms with Crippen molar-refractivity contribution >= 4 is 12.1 Å². The van der Waals surface area contributed by atoms with E-state index < -0.39 is 5.82 Å². The van der Waals surface area contributed by atoms with E-state index in [-0.39, 0.29) is 23.7 Å². The summed E-state index contributed by atoms with van der Waals surface area (Å²) in [6, 6.07) is 10.1. The zero-order valence-electron chi connectivity index (χ0n) is 11.3. The molecule has 108 valence electrons. The standard InChI is InChI=1S/C16H13FO4/c1-20-14-4-2-12(3-5-14)16(19)10-21-15-7-11(9-18)6-13(17)8-15/h2-9H,10H2,1H3. The molecule has 5 heteroatoms. The van der Waals surface area contributed by atoms with Gasteiger partial charge in [0.05, 0.1) is 7.11 Å². The topological polar surface area (TPSA) is 52.6 Å². The summed E-state index contributed by atoms with van der Waals surface area (Å²) in [6.07, 6.45) is 0.515. The van der Waals surface area contributed by atoms with Crippen molar-refractivity contribution in [1.82, 2.24) is 0 Å². The third-order valence-electron chi connectivity index (χ3n) is 2.81. The smallest absolute Gasteiger partial charge is 0.200 e. The van der Waals surface area contributed by atoms with Crippen molar-refractivity contribution in [3.8, 4) is 11.5 Å². The minimum atomic E-state index is -0.591. The van der Waals surface area contributed by atoms with Gasteiger partial charge < -0.3 is 9.47 Å². The van der Waals surface area contributed by atoms with E-state index in [2.05, 4.69) is 0 Å². The second kappa shape index (κ2) is 6.65. The number of methoxy groups -OCH3 is 1. The van der Waals surface area contributed by atoms with Gasteiger partial charge in [-0.1, -0.05) is 0 Å². The number of rotatable bonds is 6. The fourth-order valence-electron chi connectivity index (χ4n) is 1.74. The van der Waals surface area contributed by atoms with Crippen LogP contribution in [-0.2, 0) is 0 Å². The van der Waals surface area contributed by atoms with Gasteiger partial charge in [0.15, 0.2) is 12.4 Å². The van der Waals surface area contributed by atoms with Crippen LogP contribution in [0.4, 0.5) is 4.39 Å². The summed E-state index contributed by atoms with van der Waals surface area (Å²) in [5.74, 6) is -0.0618. The van der Waals surface area contributed by atoms with Gasteiger partial charge in [-0.05, 0) is 36.4 Å².